The van der Waals surface area contributed by atoms with Crippen molar-refractivity contribution >= 4 is 17.5 Å². The molecule has 2 rings (SSSR count). The highest BCUT2D eigenvalue weighted by atomic mass is 32.2. The average molecular weight is 309 g/mol. The third-order valence-electron chi connectivity index (χ3n) is 2.82. The van der Waals surface area contributed by atoms with Gasteiger partial charge < -0.3 is 10.2 Å². The summed E-state index contributed by atoms with van der Waals surface area (Å²) in [5.74, 6) is -0.785. The molecule has 0 aliphatic carbocycles. The molecule has 8 heteroatoms. The fourth-order valence-electron chi connectivity index (χ4n) is 1.76. The number of hydrogen-bond acceptors (Lipinski definition) is 6. The van der Waals surface area contributed by atoms with Crippen molar-refractivity contribution in [3.63, 3.8) is 0 Å². The predicted molar refractivity (Wildman–Crippen MR) is 78.1 cm³/mol. The number of benzene rings is 1. The van der Waals surface area contributed by atoms with Crippen molar-refractivity contribution in [2.45, 2.75) is 25.0 Å². The third-order valence-corrected chi connectivity index (χ3v) is 3.77. The van der Waals surface area contributed by atoms with Crippen LogP contribution in [0.25, 0.3) is 0 Å². The Morgan fingerprint density at radius 1 is 1.38 bits per heavy atom. The number of carbonyl (C=O) groups is 1. The predicted octanol–water partition coefficient (Wildman–Crippen LogP) is 1.54. The van der Waals surface area contributed by atoms with Crippen LogP contribution in [0.3, 0.4) is 0 Å². The largest absolute Gasteiger partial charge is 0.504 e. The Bertz CT molecular complexity index is 720. The van der Waals surface area contributed by atoms with Gasteiger partial charge in [-0.05, 0) is 32.0 Å². The summed E-state index contributed by atoms with van der Waals surface area (Å²) in [5.41, 5.74) is -0.0333. The monoisotopic (exact) mass is 309 g/mol. The SMILES string of the molecule is CC(C)n1c(SCC(=O)c2ccc(O)c(O)c2)n[nH]c1=O. The maximum atomic E-state index is 12.0. The number of aromatic hydroxyl groups is 2. The standard InChI is InChI=1S/C13H15N3O4S/c1-7(2)16-12(20)14-15-13(16)21-6-11(19)8-3-4-9(17)10(18)5-8/h3-5,7,17-18H,6H2,1-2H3,(H,14,20). The number of thioether (sulfide) groups is 1. The minimum Gasteiger partial charge on any atom is -0.504 e. The molecule has 0 spiro atoms. The molecule has 0 aliphatic heterocycles. The van der Waals surface area contributed by atoms with Gasteiger partial charge >= 0.3 is 5.69 Å². The molecule has 0 saturated heterocycles. The zero-order valence-corrected chi connectivity index (χ0v) is 12.3. The number of aromatic amines is 1. The lowest BCUT2D eigenvalue weighted by Crippen LogP contribution is -2.19. The van der Waals surface area contributed by atoms with Crippen molar-refractivity contribution in [1.82, 2.24) is 14.8 Å². The number of nitrogens with one attached hydrogen (secondary N) is 1. The maximum Gasteiger partial charge on any atom is 0.344 e. The van der Waals surface area contributed by atoms with Crippen molar-refractivity contribution in [1.29, 1.82) is 0 Å². The lowest BCUT2D eigenvalue weighted by molar-refractivity contribution is 0.102. The topological polar surface area (TPSA) is 108 Å². The second kappa shape index (κ2) is 6.04. The van der Waals surface area contributed by atoms with E-state index in [2.05, 4.69) is 10.2 Å². The lowest BCUT2D eigenvalue weighted by Gasteiger charge is -2.08. The van der Waals surface area contributed by atoms with Gasteiger partial charge in [0, 0.05) is 11.6 Å². The maximum absolute atomic E-state index is 12.0. The van der Waals surface area contributed by atoms with E-state index in [1.54, 1.807) is 0 Å². The smallest absolute Gasteiger partial charge is 0.344 e. The molecule has 2 aromatic rings. The highest BCUT2D eigenvalue weighted by molar-refractivity contribution is 7.99. The Morgan fingerprint density at radius 2 is 2.10 bits per heavy atom. The van der Waals surface area contributed by atoms with Gasteiger partial charge in [-0.25, -0.2) is 9.89 Å². The summed E-state index contributed by atoms with van der Waals surface area (Å²) in [4.78, 5) is 23.6. The molecule has 0 fully saturated rings. The molecule has 0 atom stereocenters. The van der Waals surface area contributed by atoms with Gasteiger partial charge in [0.25, 0.3) is 0 Å². The van der Waals surface area contributed by atoms with E-state index in [9.17, 15) is 19.8 Å². The summed E-state index contributed by atoms with van der Waals surface area (Å²) in [5, 5.41) is 25.3. The van der Waals surface area contributed by atoms with Crippen LogP contribution in [0.1, 0.15) is 30.2 Å². The molecule has 1 aromatic carbocycles. The third kappa shape index (κ3) is 3.27. The van der Waals surface area contributed by atoms with Crippen LogP contribution < -0.4 is 5.69 Å². The zero-order chi connectivity index (χ0) is 15.6. The van der Waals surface area contributed by atoms with Gasteiger partial charge in [0.05, 0.1) is 5.75 Å². The summed E-state index contributed by atoms with van der Waals surface area (Å²) in [6, 6.07) is 3.83. The molecule has 0 amide bonds. The van der Waals surface area contributed by atoms with E-state index in [4.69, 9.17) is 0 Å². The molecule has 7 nitrogen and oxygen atoms in total. The Morgan fingerprint density at radius 3 is 2.71 bits per heavy atom. The number of aromatic nitrogens is 3. The number of phenols is 2. The van der Waals surface area contributed by atoms with Gasteiger partial charge in [-0.1, -0.05) is 11.8 Å². The van der Waals surface area contributed by atoms with E-state index in [0.29, 0.717) is 5.16 Å². The fourth-order valence-corrected chi connectivity index (χ4v) is 2.73. The van der Waals surface area contributed by atoms with Crippen LogP contribution in [0.4, 0.5) is 0 Å². The van der Waals surface area contributed by atoms with Gasteiger partial charge in [0.2, 0.25) is 0 Å². The molecule has 0 aliphatic rings. The van der Waals surface area contributed by atoms with E-state index in [0.717, 1.165) is 11.8 Å². The first-order valence-corrected chi connectivity index (χ1v) is 7.23. The number of hydrogen-bond donors (Lipinski definition) is 3. The summed E-state index contributed by atoms with van der Waals surface area (Å²) in [7, 11) is 0. The molecule has 0 saturated carbocycles. The molecule has 21 heavy (non-hydrogen) atoms. The molecule has 0 radical (unpaired) electrons. The highest BCUT2D eigenvalue weighted by Gasteiger charge is 2.15. The molecular formula is C13H15N3O4S. The van der Waals surface area contributed by atoms with Crippen LogP contribution in [0.2, 0.25) is 0 Å². The van der Waals surface area contributed by atoms with Crippen LogP contribution >= 0.6 is 11.8 Å². The Labute approximate surface area is 124 Å². The first-order valence-electron chi connectivity index (χ1n) is 6.25. The number of phenolic OH excluding ortho intramolecular Hbond substituents is 2. The van der Waals surface area contributed by atoms with Gasteiger partial charge in [-0.3, -0.25) is 9.36 Å². The Hall–Kier alpha value is -2.22. The lowest BCUT2D eigenvalue weighted by atomic mass is 10.1. The van der Waals surface area contributed by atoms with Gasteiger partial charge in [0.1, 0.15) is 0 Å². The van der Waals surface area contributed by atoms with E-state index in [1.165, 1.54) is 22.8 Å². The van der Waals surface area contributed by atoms with Crippen molar-refractivity contribution in [2.75, 3.05) is 5.75 Å². The summed E-state index contributed by atoms with van der Waals surface area (Å²) in [6.45, 7) is 3.70. The molecule has 0 unspecified atom stereocenters. The van der Waals surface area contributed by atoms with Gasteiger partial charge in [-0.2, -0.15) is 0 Å². The minimum atomic E-state index is -0.343. The van der Waals surface area contributed by atoms with E-state index < -0.39 is 0 Å². The van der Waals surface area contributed by atoms with Crippen LogP contribution in [-0.2, 0) is 0 Å². The first kappa shape index (κ1) is 15.2. The second-order valence-electron chi connectivity index (χ2n) is 4.69. The normalized spacial score (nSPS) is 11.0. The number of ketones is 1. The van der Waals surface area contributed by atoms with Gasteiger partial charge in [-0.15, -0.1) is 5.10 Å². The van der Waals surface area contributed by atoms with Crippen molar-refractivity contribution in [3.05, 3.63) is 34.2 Å². The molecule has 3 N–H and O–H groups in total. The quantitative estimate of drug-likeness (QED) is 0.439. The number of nitrogens with zero attached hydrogens (tertiary/aromatic N) is 2. The number of carbonyl (C=O) groups excluding carboxylic acids is 1. The summed E-state index contributed by atoms with van der Waals surface area (Å²) >= 11 is 1.14. The van der Waals surface area contributed by atoms with Crippen LogP contribution in [-0.4, -0.2) is 36.5 Å². The van der Waals surface area contributed by atoms with Crippen molar-refractivity contribution < 1.29 is 15.0 Å². The molecule has 1 aromatic heterocycles. The minimum absolute atomic E-state index is 0.0634. The zero-order valence-electron chi connectivity index (χ0n) is 11.5. The van der Waals surface area contributed by atoms with E-state index in [1.807, 2.05) is 13.8 Å². The van der Waals surface area contributed by atoms with Crippen LogP contribution in [0.15, 0.2) is 28.2 Å². The molecular weight excluding hydrogens is 294 g/mol. The molecule has 0 bridgehead atoms. The van der Waals surface area contributed by atoms with Crippen LogP contribution in [0.5, 0.6) is 11.5 Å². The summed E-state index contributed by atoms with van der Waals surface area (Å²) in [6.07, 6.45) is 0. The Balaban J connectivity index is 2.11. The second-order valence-corrected chi connectivity index (χ2v) is 5.63. The van der Waals surface area contributed by atoms with Crippen molar-refractivity contribution in [2.24, 2.45) is 0 Å². The van der Waals surface area contributed by atoms with E-state index in [-0.39, 0.29) is 40.3 Å². The average Bonchev–Trinajstić information content (AvgIpc) is 2.80. The first-order chi connectivity index (χ1) is 9.90. The van der Waals surface area contributed by atoms with Crippen molar-refractivity contribution in [3.8, 4) is 11.5 Å². The number of Topliss-reactive ketones (excluding diaryl/α,β-unsaturated/α-hetero) is 1. The molecule has 112 valence electrons. The molecule has 1 heterocycles. The Kier molecular flexibility index (Phi) is 4.37. The van der Waals surface area contributed by atoms with E-state index >= 15 is 0 Å². The van der Waals surface area contributed by atoms with Gasteiger partial charge in [0.15, 0.2) is 22.4 Å². The number of rotatable bonds is 5. The summed E-state index contributed by atoms with van der Waals surface area (Å²) < 4.78 is 1.46. The number of H-pyrrole nitrogens is 1. The van der Waals surface area contributed by atoms with Crippen LogP contribution in [0, 0.1) is 0 Å². The highest BCUT2D eigenvalue weighted by Crippen LogP contribution is 2.26. The fraction of sp³-hybridized carbons (Fsp3) is 0.308.